The topological polar surface area (TPSA) is 119 Å². The van der Waals surface area contributed by atoms with Gasteiger partial charge in [0, 0.05) is 13.1 Å². The molecule has 2 aromatic rings. The Bertz CT molecular complexity index is 493. The summed E-state index contributed by atoms with van der Waals surface area (Å²) in [5, 5.41) is 12.5. The second-order valence-electron chi connectivity index (χ2n) is 3.51. The maximum Gasteiger partial charge on any atom is 0.277 e. The number of aromatic nitrogens is 2. The van der Waals surface area contributed by atoms with Crippen LogP contribution in [-0.4, -0.2) is 29.3 Å². The molecular weight excluding hydrogens is 238 g/mol. The van der Waals surface area contributed by atoms with E-state index in [-0.39, 0.29) is 11.5 Å². The average Bonchev–Trinajstić information content (AvgIpc) is 2.99. The molecule has 0 radical (unpaired) electrons. The summed E-state index contributed by atoms with van der Waals surface area (Å²) in [4.78, 5) is 11.5. The van der Waals surface area contributed by atoms with E-state index in [1.807, 2.05) is 12.1 Å². The Morgan fingerprint density at radius 3 is 2.94 bits per heavy atom. The van der Waals surface area contributed by atoms with Crippen molar-refractivity contribution in [1.82, 2.24) is 20.9 Å². The van der Waals surface area contributed by atoms with E-state index in [1.54, 1.807) is 6.26 Å². The fraction of sp³-hybridized carbons (Fsp3) is 0.300. The number of nitrogens with zero attached hydrogens (tertiary/aromatic N) is 2. The van der Waals surface area contributed by atoms with E-state index in [9.17, 15) is 4.79 Å². The SMILES string of the molecule is Nc1nonc1C(=O)NCCNCc1ccco1. The van der Waals surface area contributed by atoms with Crippen molar-refractivity contribution in [3.63, 3.8) is 0 Å². The van der Waals surface area contributed by atoms with Crippen LogP contribution in [0.1, 0.15) is 16.2 Å². The fourth-order valence-electron chi connectivity index (χ4n) is 1.33. The quantitative estimate of drug-likeness (QED) is 0.606. The van der Waals surface area contributed by atoms with Crippen molar-refractivity contribution in [2.24, 2.45) is 0 Å². The van der Waals surface area contributed by atoms with Crippen molar-refractivity contribution in [3.8, 4) is 0 Å². The second kappa shape index (κ2) is 5.82. The van der Waals surface area contributed by atoms with E-state index < -0.39 is 5.91 Å². The Hall–Kier alpha value is -2.35. The zero-order chi connectivity index (χ0) is 12.8. The minimum absolute atomic E-state index is 0.000958. The number of carbonyl (C=O) groups is 1. The van der Waals surface area contributed by atoms with Gasteiger partial charge >= 0.3 is 0 Å². The molecule has 8 nitrogen and oxygen atoms in total. The summed E-state index contributed by atoms with van der Waals surface area (Å²) in [6.07, 6.45) is 1.61. The number of rotatable bonds is 6. The third-order valence-corrected chi connectivity index (χ3v) is 2.20. The highest BCUT2D eigenvalue weighted by Crippen LogP contribution is 2.02. The van der Waals surface area contributed by atoms with Gasteiger partial charge in [0.2, 0.25) is 11.5 Å². The van der Waals surface area contributed by atoms with E-state index in [0.29, 0.717) is 19.6 Å². The van der Waals surface area contributed by atoms with Crippen molar-refractivity contribution in [3.05, 3.63) is 29.9 Å². The second-order valence-corrected chi connectivity index (χ2v) is 3.51. The predicted octanol–water partition coefficient (Wildman–Crippen LogP) is -0.236. The fourth-order valence-corrected chi connectivity index (χ4v) is 1.33. The molecule has 2 aromatic heterocycles. The molecule has 0 fully saturated rings. The summed E-state index contributed by atoms with van der Waals surface area (Å²) in [7, 11) is 0. The highest BCUT2D eigenvalue weighted by atomic mass is 16.6. The molecule has 0 spiro atoms. The lowest BCUT2D eigenvalue weighted by Gasteiger charge is -2.04. The summed E-state index contributed by atoms with van der Waals surface area (Å²) in [5.41, 5.74) is 5.38. The van der Waals surface area contributed by atoms with Gasteiger partial charge in [-0.1, -0.05) is 0 Å². The molecule has 96 valence electrons. The molecule has 18 heavy (non-hydrogen) atoms. The minimum atomic E-state index is -0.409. The van der Waals surface area contributed by atoms with Gasteiger partial charge < -0.3 is 20.8 Å². The molecule has 4 N–H and O–H groups in total. The van der Waals surface area contributed by atoms with Crippen molar-refractivity contribution in [1.29, 1.82) is 0 Å². The number of furan rings is 1. The van der Waals surface area contributed by atoms with Crippen LogP contribution in [0, 0.1) is 0 Å². The number of hydrogen-bond acceptors (Lipinski definition) is 7. The van der Waals surface area contributed by atoms with E-state index in [1.165, 1.54) is 0 Å². The number of hydrogen-bond donors (Lipinski definition) is 3. The van der Waals surface area contributed by atoms with Gasteiger partial charge in [0.25, 0.3) is 5.91 Å². The zero-order valence-corrected chi connectivity index (χ0v) is 9.55. The van der Waals surface area contributed by atoms with Crippen LogP contribution >= 0.6 is 0 Å². The third-order valence-electron chi connectivity index (χ3n) is 2.20. The number of nitrogens with two attached hydrogens (primary N) is 1. The lowest BCUT2D eigenvalue weighted by molar-refractivity contribution is 0.0944. The maximum absolute atomic E-state index is 11.5. The van der Waals surface area contributed by atoms with Crippen LogP contribution in [0.4, 0.5) is 5.82 Å². The monoisotopic (exact) mass is 251 g/mol. The highest BCUT2D eigenvalue weighted by Gasteiger charge is 2.14. The summed E-state index contributed by atoms with van der Waals surface area (Å²) in [5.74, 6) is 0.413. The Morgan fingerprint density at radius 1 is 1.39 bits per heavy atom. The molecule has 0 saturated carbocycles. The van der Waals surface area contributed by atoms with E-state index >= 15 is 0 Å². The molecule has 2 heterocycles. The van der Waals surface area contributed by atoms with Gasteiger partial charge in [-0.05, 0) is 22.4 Å². The van der Waals surface area contributed by atoms with E-state index in [4.69, 9.17) is 10.2 Å². The molecular formula is C10H13N5O3. The van der Waals surface area contributed by atoms with Crippen LogP contribution in [0.3, 0.4) is 0 Å². The molecule has 8 heteroatoms. The van der Waals surface area contributed by atoms with E-state index in [2.05, 4.69) is 25.6 Å². The summed E-state index contributed by atoms with van der Waals surface area (Å²) in [6, 6.07) is 3.69. The van der Waals surface area contributed by atoms with Crippen LogP contribution in [0.2, 0.25) is 0 Å². The molecule has 0 atom stereocenters. The van der Waals surface area contributed by atoms with E-state index in [0.717, 1.165) is 5.76 Å². The molecule has 0 aliphatic heterocycles. The van der Waals surface area contributed by atoms with Gasteiger partial charge in [0.1, 0.15) is 5.76 Å². The third kappa shape index (κ3) is 3.08. The summed E-state index contributed by atoms with van der Waals surface area (Å²) in [6.45, 7) is 1.64. The van der Waals surface area contributed by atoms with Crippen molar-refractivity contribution in [2.45, 2.75) is 6.54 Å². The van der Waals surface area contributed by atoms with Gasteiger partial charge in [0.15, 0.2) is 0 Å². The molecule has 1 amide bonds. The molecule has 0 unspecified atom stereocenters. The number of nitrogen functional groups attached to an aromatic ring is 1. The zero-order valence-electron chi connectivity index (χ0n) is 9.55. The Labute approximate surface area is 102 Å². The molecule has 0 bridgehead atoms. The van der Waals surface area contributed by atoms with Crippen LogP contribution in [0.5, 0.6) is 0 Å². The first-order valence-corrected chi connectivity index (χ1v) is 5.36. The largest absolute Gasteiger partial charge is 0.468 e. The Morgan fingerprint density at radius 2 is 2.28 bits per heavy atom. The number of carbonyl (C=O) groups excluding carboxylic acids is 1. The molecule has 2 rings (SSSR count). The lowest BCUT2D eigenvalue weighted by atomic mass is 10.4. The first-order chi connectivity index (χ1) is 8.77. The maximum atomic E-state index is 11.5. The first-order valence-electron chi connectivity index (χ1n) is 5.36. The molecule has 0 aliphatic carbocycles. The van der Waals surface area contributed by atoms with Gasteiger partial charge in [-0.3, -0.25) is 4.79 Å². The summed E-state index contributed by atoms with van der Waals surface area (Å²) >= 11 is 0. The molecule has 0 aromatic carbocycles. The predicted molar refractivity (Wildman–Crippen MR) is 61.5 cm³/mol. The minimum Gasteiger partial charge on any atom is -0.468 e. The standard InChI is InChI=1S/C10H13N5O3/c11-9-8(14-18-15-9)10(16)13-4-3-12-6-7-2-1-5-17-7/h1-2,5,12H,3-4,6H2,(H2,11,15)(H,13,16). The van der Waals surface area contributed by atoms with Crippen LogP contribution in [0.25, 0.3) is 0 Å². The number of amides is 1. The van der Waals surface area contributed by atoms with Crippen LogP contribution in [-0.2, 0) is 6.54 Å². The van der Waals surface area contributed by atoms with Gasteiger partial charge in [0.05, 0.1) is 12.8 Å². The Kier molecular flexibility index (Phi) is 3.92. The van der Waals surface area contributed by atoms with Gasteiger partial charge in [-0.2, -0.15) is 0 Å². The number of anilines is 1. The van der Waals surface area contributed by atoms with Crippen LogP contribution < -0.4 is 16.4 Å². The van der Waals surface area contributed by atoms with Crippen LogP contribution in [0.15, 0.2) is 27.4 Å². The number of nitrogens with one attached hydrogen (secondary N) is 2. The smallest absolute Gasteiger partial charge is 0.277 e. The van der Waals surface area contributed by atoms with Gasteiger partial charge in [-0.25, -0.2) is 4.63 Å². The lowest BCUT2D eigenvalue weighted by Crippen LogP contribution is -2.32. The summed E-state index contributed by atoms with van der Waals surface area (Å²) < 4.78 is 9.47. The highest BCUT2D eigenvalue weighted by molar-refractivity contribution is 5.95. The Balaban J connectivity index is 1.64. The average molecular weight is 251 g/mol. The molecule has 0 aliphatic rings. The van der Waals surface area contributed by atoms with Crippen molar-refractivity contribution < 1.29 is 13.8 Å². The normalized spacial score (nSPS) is 10.4. The van der Waals surface area contributed by atoms with Crippen molar-refractivity contribution in [2.75, 3.05) is 18.8 Å². The van der Waals surface area contributed by atoms with Gasteiger partial charge in [-0.15, -0.1) is 0 Å². The molecule has 0 saturated heterocycles. The van der Waals surface area contributed by atoms with Crippen molar-refractivity contribution >= 4 is 11.7 Å². The first kappa shape index (κ1) is 12.1.